The number of anilines is 3. The van der Waals surface area contributed by atoms with E-state index in [1.165, 1.54) is 75.8 Å². The van der Waals surface area contributed by atoms with Gasteiger partial charge in [0.1, 0.15) is 0 Å². The number of para-hydroxylation sites is 3. The van der Waals surface area contributed by atoms with Crippen LogP contribution in [0.15, 0.2) is 170 Å². The zero-order valence-electron chi connectivity index (χ0n) is 27.6. The first kappa shape index (κ1) is 27.1. The third-order valence-corrected chi connectivity index (χ3v) is 11.2. The fraction of sp³-hybridized carbons (Fsp3) is 0. The van der Waals surface area contributed by atoms with Gasteiger partial charge in [-0.2, -0.15) is 0 Å². The smallest absolute Gasteiger partial charge is 0.0731 e. The van der Waals surface area contributed by atoms with Crippen molar-refractivity contribution >= 4 is 104 Å². The highest BCUT2D eigenvalue weighted by molar-refractivity contribution is 6.45. The molecule has 0 aliphatic rings. The van der Waals surface area contributed by atoms with Crippen molar-refractivity contribution in [2.75, 3.05) is 4.90 Å². The molecule has 12 aromatic rings. The van der Waals surface area contributed by atoms with E-state index in [-0.39, 0.29) is 0 Å². The Morgan fingerprint density at radius 3 is 1.45 bits per heavy atom. The predicted octanol–water partition coefficient (Wildman–Crippen LogP) is 13.8. The predicted molar refractivity (Wildman–Crippen MR) is 218 cm³/mol. The van der Waals surface area contributed by atoms with Gasteiger partial charge in [-0.15, -0.1) is 0 Å². The van der Waals surface area contributed by atoms with Crippen LogP contribution in [0.5, 0.6) is 0 Å². The van der Waals surface area contributed by atoms with Crippen LogP contribution in [0.2, 0.25) is 0 Å². The minimum atomic E-state index is 0.977. The topological polar surface area (TPSA) is 16.1 Å². The summed E-state index contributed by atoms with van der Waals surface area (Å²) in [6.45, 7) is 0. The summed E-state index contributed by atoms with van der Waals surface area (Å²) in [5.41, 5.74) is 7.74. The Balaban J connectivity index is 1.22. The number of benzene rings is 11. The van der Waals surface area contributed by atoms with Crippen LogP contribution in [-0.4, -0.2) is 4.98 Å². The van der Waals surface area contributed by atoms with Crippen molar-refractivity contribution in [3.63, 3.8) is 0 Å². The summed E-state index contributed by atoms with van der Waals surface area (Å²) in [4.78, 5) is 7.62. The van der Waals surface area contributed by atoms with Crippen LogP contribution in [-0.2, 0) is 0 Å². The molecule has 0 saturated heterocycles. The summed E-state index contributed by atoms with van der Waals surface area (Å²) in [6, 6.07) is 62.3. The molecule has 2 heteroatoms. The van der Waals surface area contributed by atoms with Crippen molar-refractivity contribution in [1.29, 1.82) is 0 Å². The average molecular weight is 645 g/mol. The van der Waals surface area contributed by atoms with Crippen LogP contribution in [0.25, 0.3) is 97.6 Å². The molecule has 0 spiro atoms. The van der Waals surface area contributed by atoms with Crippen molar-refractivity contribution in [1.82, 2.24) is 4.98 Å². The van der Waals surface area contributed by atoms with Crippen LogP contribution < -0.4 is 4.90 Å². The van der Waals surface area contributed by atoms with E-state index >= 15 is 0 Å². The van der Waals surface area contributed by atoms with Crippen LogP contribution in [0.4, 0.5) is 17.1 Å². The van der Waals surface area contributed by atoms with E-state index in [1.807, 2.05) is 0 Å². The van der Waals surface area contributed by atoms with Crippen LogP contribution >= 0.6 is 0 Å². The van der Waals surface area contributed by atoms with Gasteiger partial charge < -0.3 is 4.90 Å². The van der Waals surface area contributed by atoms with Crippen LogP contribution in [0, 0.1) is 0 Å². The van der Waals surface area contributed by atoms with E-state index in [0.29, 0.717) is 0 Å². The first-order chi connectivity index (χ1) is 25.3. The lowest BCUT2D eigenvalue weighted by molar-refractivity contribution is 1.30. The second-order valence-electron chi connectivity index (χ2n) is 13.9. The summed E-state index contributed by atoms with van der Waals surface area (Å²) in [5, 5.41) is 18.3. The zero-order valence-corrected chi connectivity index (χ0v) is 27.6. The highest BCUT2D eigenvalue weighted by Crippen LogP contribution is 2.51. The molecule has 0 fully saturated rings. The number of fused-ring (bicyclic) bond motifs is 2. The summed E-state index contributed by atoms with van der Waals surface area (Å²) in [7, 11) is 0. The van der Waals surface area contributed by atoms with E-state index in [0.717, 1.165) is 38.9 Å². The molecule has 11 aromatic carbocycles. The first-order valence-corrected chi connectivity index (χ1v) is 17.6. The SMILES string of the molecule is c1ccc(N(c2ccccc2)c2c3ccccc3nc3ccc(-c4cc5ccc6ccc7ccc8ccc9ccc4c4c9c8c7c6c54)cc23)cc1. The normalized spacial score (nSPS) is 12.3. The summed E-state index contributed by atoms with van der Waals surface area (Å²) >= 11 is 0. The molecule has 0 aliphatic heterocycles. The first-order valence-electron chi connectivity index (χ1n) is 17.6. The summed E-state index contributed by atoms with van der Waals surface area (Å²) in [6.07, 6.45) is 0. The van der Waals surface area contributed by atoms with E-state index in [4.69, 9.17) is 4.98 Å². The van der Waals surface area contributed by atoms with Crippen LogP contribution in [0.3, 0.4) is 0 Å². The molecule has 1 heterocycles. The maximum absolute atomic E-state index is 5.23. The summed E-state index contributed by atoms with van der Waals surface area (Å²) in [5.74, 6) is 0. The van der Waals surface area contributed by atoms with Crippen molar-refractivity contribution < 1.29 is 0 Å². The quantitative estimate of drug-likeness (QED) is 0.140. The fourth-order valence-electron chi connectivity index (χ4n) is 9.07. The molecule has 0 N–H and O–H groups in total. The van der Waals surface area contributed by atoms with Gasteiger partial charge in [0.2, 0.25) is 0 Å². The standard InChI is InChI=1S/C49H28N2/c1-3-9-35(10-4-1)51(36-11-5-2-6-12-36)49-38-13-7-8-14-41(38)50-42-26-24-33(27-40(42)49)39-28-34-22-21-31-18-16-29-15-17-30-19-20-32-23-25-37(39)48-46(32)44(30)43(29)45(31)47(34)48/h1-28H. The zero-order chi connectivity index (χ0) is 33.2. The van der Waals surface area contributed by atoms with Gasteiger partial charge in [0.05, 0.1) is 16.7 Å². The lowest BCUT2D eigenvalue weighted by atomic mass is 9.81. The molecule has 51 heavy (non-hydrogen) atoms. The molecule has 0 atom stereocenters. The Morgan fingerprint density at radius 2 is 0.824 bits per heavy atom. The Hall–Kier alpha value is -6.77. The Kier molecular flexibility index (Phi) is 5.26. The van der Waals surface area contributed by atoms with E-state index in [9.17, 15) is 0 Å². The van der Waals surface area contributed by atoms with Gasteiger partial charge in [0.25, 0.3) is 0 Å². The molecule has 0 aliphatic carbocycles. The Morgan fingerprint density at radius 1 is 0.333 bits per heavy atom. The fourth-order valence-corrected chi connectivity index (χ4v) is 9.07. The van der Waals surface area contributed by atoms with Gasteiger partial charge in [-0.05, 0) is 124 Å². The molecule has 0 radical (unpaired) electrons. The number of pyridine rings is 1. The van der Waals surface area contributed by atoms with E-state index in [2.05, 4.69) is 175 Å². The summed E-state index contributed by atoms with van der Waals surface area (Å²) < 4.78 is 0. The Bertz CT molecular complexity index is 3200. The molecule has 12 rings (SSSR count). The number of hydrogen-bond acceptors (Lipinski definition) is 2. The molecule has 0 bridgehead atoms. The number of nitrogens with zero attached hydrogens (tertiary/aromatic N) is 2. The van der Waals surface area contributed by atoms with Gasteiger partial charge in [0.15, 0.2) is 0 Å². The molecular weight excluding hydrogens is 617 g/mol. The maximum atomic E-state index is 5.23. The third-order valence-electron chi connectivity index (χ3n) is 11.2. The second-order valence-corrected chi connectivity index (χ2v) is 13.9. The van der Waals surface area contributed by atoms with Crippen molar-refractivity contribution in [2.45, 2.75) is 0 Å². The number of aromatic nitrogens is 1. The number of hydrogen-bond donors (Lipinski definition) is 0. The van der Waals surface area contributed by atoms with Gasteiger partial charge >= 0.3 is 0 Å². The second kappa shape index (κ2) is 9.90. The molecule has 0 amide bonds. The molecule has 2 nitrogen and oxygen atoms in total. The highest BCUT2D eigenvalue weighted by atomic mass is 15.1. The maximum Gasteiger partial charge on any atom is 0.0731 e. The van der Waals surface area contributed by atoms with Gasteiger partial charge in [0, 0.05) is 22.1 Å². The Labute approximate surface area is 293 Å². The van der Waals surface area contributed by atoms with E-state index in [1.54, 1.807) is 0 Å². The molecule has 234 valence electrons. The lowest BCUT2D eigenvalue weighted by Gasteiger charge is -2.28. The van der Waals surface area contributed by atoms with Gasteiger partial charge in [-0.25, -0.2) is 4.98 Å². The van der Waals surface area contributed by atoms with E-state index < -0.39 is 0 Å². The van der Waals surface area contributed by atoms with Crippen molar-refractivity contribution in [3.05, 3.63) is 170 Å². The van der Waals surface area contributed by atoms with Crippen LogP contribution in [0.1, 0.15) is 0 Å². The van der Waals surface area contributed by atoms with Gasteiger partial charge in [-0.3, -0.25) is 0 Å². The third kappa shape index (κ3) is 3.63. The average Bonchev–Trinajstić information content (AvgIpc) is 3.20. The van der Waals surface area contributed by atoms with Gasteiger partial charge in [-0.1, -0.05) is 121 Å². The lowest BCUT2D eigenvalue weighted by Crippen LogP contribution is -2.11. The molecule has 0 unspecified atom stereocenters. The molecular formula is C49H28N2. The number of rotatable bonds is 4. The highest BCUT2D eigenvalue weighted by Gasteiger charge is 2.23. The minimum Gasteiger partial charge on any atom is -0.309 e. The van der Waals surface area contributed by atoms with Crippen molar-refractivity contribution in [3.8, 4) is 11.1 Å². The molecule has 1 aromatic heterocycles. The molecule has 0 saturated carbocycles. The monoisotopic (exact) mass is 644 g/mol. The van der Waals surface area contributed by atoms with Crippen molar-refractivity contribution in [2.24, 2.45) is 0 Å². The largest absolute Gasteiger partial charge is 0.309 e. The minimum absolute atomic E-state index is 0.977.